The van der Waals surface area contributed by atoms with E-state index in [0.717, 1.165) is 78.4 Å². The van der Waals surface area contributed by atoms with Gasteiger partial charge in [0.1, 0.15) is 25.9 Å². The number of rotatable bonds is 15. The SMILES string of the molecule is CC1(C)C(/C=C/C2=C(Sc3ccc([NH3+])cc3)C(=C/C=C3/N(CCS(=O)(=O)[O-])c4ccc5cc(S(=O)(=O)[O-])ccc5c4C3(C)C)CCC2)=[N+](CCS(=O)(=O)[O-])c2ccc3cc(SOO[O-])ccc3c21. The lowest BCUT2D eigenvalue weighted by Gasteiger charge is -2.28. The van der Waals surface area contributed by atoms with Gasteiger partial charge < -0.3 is 29.5 Å². The molecule has 0 atom stereocenters. The molecular weight excluding hydrogens is 971 g/mol. The number of hydrogen-bond donors (Lipinski definition) is 1. The third-order valence-corrected chi connectivity index (χ3v) is 16.7. The van der Waals surface area contributed by atoms with Crippen LogP contribution in [-0.4, -0.2) is 73.8 Å². The fourth-order valence-electron chi connectivity index (χ4n) is 9.68. The Balaban J connectivity index is 1.26. The van der Waals surface area contributed by atoms with Crippen LogP contribution in [0.1, 0.15) is 58.1 Å². The van der Waals surface area contributed by atoms with Crippen LogP contribution in [0.15, 0.2) is 146 Å². The number of anilines is 1. The van der Waals surface area contributed by atoms with Gasteiger partial charge in [-0.2, -0.15) is 8.91 Å². The van der Waals surface area contributed by atoms with E-state index in [0.29, 0.717) is 39.9 Å². The van der Waals surface area contributed by atoms with Gasteiger partial charge in [0.25, 0.3) is 0 Å². The number of allylic oxidation sites excluding steroid dienone is 7. The lowest BCUT2D eigenvalue weighted by molar-refractivity contribution is -0.777. The van der Waals surface area contributed by atoms with Crippen LogP contribution in [0.5, 0.6) is 0 Å². The van der Waals surface area contributed by atoms with Crippen LogP contribution in [0.2, 0.25) is 0 Å². The van der Waals surface area contributed by atoms with Gasteiger partial charge in [-0.25, -0.2) is 25.3 Å². The molecule has 358 valence electrons. The van der Waals surface area contributed by atoms with Crippen molar-refractivity contribution in [2.24, 2.45) is 0 Å². The molecule has 5 aromatic rings. The van der Waals surface area contributed by atoms with Gasteiger partial charge >= 0.3 is 0 Å². The van der Waals surface area contributed by atoms with Crippen molar-refractivity contribution >= 4 is 98.5 Å². The second-order valence-corrected chi connectivity index (χ2v) is 24.1. The van der Waals surface area contributed by atoms with Crippen molar-refractivity contribution in [3.63, 3.8) is 0 Å². The lowest BCUT2D eigenvalue weighted by Crippen LogP contribution is -2.39. The van der Waals surface area contributed by atoms with Gasteiger partial charge in [0.15, 0.2) is 12.3 Å². The summed E-state index contributed by atoms with van der Waals surface area (Å²) in [4.78, 5) is 4.01. The van der Waals surface area contributed by atoms with Crippen molar-refractivity contribution in [3.05, 3.63) is 142 Å². The largest absolute Gasteiger partial charge is 0.748 e. The number of nitrogens with zero attached hydrogens (tertiary/aromatic N) is 2. The molecule has 20 heteroatoms. The predicted octanol–water partition coefficient (Wildman–Crippen LogP) is 6.86. The van der Waals surface area contributed by atoms with Crippen LogP contribution in [0.4, 0.5) is 17.1 Å². The average Bonchev–Trinajstić information content (AvgIpc) is 3.63. The van der Waals surface area contributed by atoms with Gasteiger partial charge in [-0.15, -0.1) is 0 Å². The summed E-state index contributed by atoms with van der Waals surface area (Å²) in [5, 5.41) is 17.0. The van der Waals surface area contributed by atoms with Crippen molar-refractivity contribution in [2.45, 2.75) is 72.5 Å². The molecular formula is C48H47N3O12S5-2. The lowest BCUT2D eigenvalue weighted by atomic mass is 9.78. The fraction of sp³-hybridized carbons (Fsp3) is 0.271. The van der Waals surface area contributed by atoms with E-state index in [1.54, 1.807) is 36.0 Å². The molecule has 15 nitrogen and oxygen atoms in total. The quantitative estimate of drug-likeness (QED) is 0.0370. The normalized spacial score (nSPS) is 18.5. The van der Waals surface area contributed by atoms with Crippen LogP contribution in [0, 0.1) is 0 Å². The van der Waals surface area contributed by atoms with Crippen LogP contribution in [0.3, 0.4) is 0 Å². The van der Waals surface area contributed by atoms with Crippen LogP contribution in [-0.2, 0) is 50.6 Å². The van der Waals surface area contributed by atoms with Crippen molar-refractivity contribution in [2.75, 3.05) is 29.5 Å². The molecule has 0 unspecified atom stereocenters. The Hall–Kier alpha value is -4.68. The summed E-state index contributed by atoms with van der Waals surface area (Å²) < 4.78 is 115. The first-order valence-corrected chi connectivity index (χ1v) is 27.5. The Morgan fingerprint density at radius 1 is 0.750 bits per heavy atom. The van der Waals surface area contributed by atoms with E-state index in [1.165, 1.54) is 12.1 Å². The number of thioether (sulfide) groups is 1. The molecule has 0 bridgehead atoms. The Labute approximate surface area is 404 Å². The van der Waals surface area contributed by atoms with Gasteiger partial charge in [0.05, 0.1) is 44.0 Å². The third-order valence-electron chi connectivity index (χ3n) is 12.7. The first-order valence-electron chi connectivity index (χ1n) is 21.4. The molecule has 0 fully saturated rings. The number of benzene rings is 5. The summed E-state index contributed by atoms with van der Waals surface area (Å²) in [7, 11) is -14.0. The maximum absolute atomic E-state index is 12.1. The van der Waals surface area contributed by atoms with E-state index in [-0.39, 0.29) is 18.0 Å². The molecule has 0 amide bonds. The smallest absolute Gasteiger partial charge is 0.210 e. The first-order chi connectivity index (χ1) is 32.0. The number of hydrogen-bond acceptors (Lipinski definition) is 15. The molecule has 0 aromatic heterocycles. The average molecular weight is 1020 g/mol. The molecule has 0 radical (unpaired) electrons. The molecule has 68 heavy (non-hydrogen) atoms. The van der Waals surface area contributed by atoms with E-state index in [1.807, 2.05) is 90.1 Å². The monoisotopic (exact) mass is 1020 g/mol. The van der Waals surface area contributed by atoms with Crippen LogP contribution < -0.4 is 15.9 Å². The maximum atomic E-state index is 12.1. The molecule has 5 aromatic carbocycles. The minimum absolute atomic E-state index is 0.0800. The fourth-order valence-corrected chi connectivity index (χ4v) is 12.5. The van der Waals surface area contributed by atoms with Crippen LogP contribution in [0.25, 0.3) is 21.5 Å². The topological polar surface area (TPSA) is 247 Å². The van der Waals surface area contributed by atoms with Crippen molar-refractivity contribution < 1.29 is 63.9 Å². The van der Waals surface area contributed by atoms with E-state index in [4.69, 9.17) is 0 Å². The first kappa shape index (κ1) is 49.7. The maximum Gasteiger partial charge on any atom is 0.210 e. The van der Waals surface area contributed by atoms with E-state index in [9.17, 15) is 44.2 Å². The highest BCUT2D eigenvalue weighted by atomic mass is 32.2. The highest BCUT2D eigenvalue weighted by molar-refractivity contribution is 8.03. The Kier molecular flexibility index (Phi) is 13.8. The molecule has 2 aliphatic heterocycles. The minimum atomic E-state index is -4.74. The number of fused-ring (bicyclic) bond motifs is 6. The molecule has 1 aliphatic carbocycles. The van der Waals surface area contributed by atoms with E-state index < -0.39 is 52.7 Å². The summed E-state index contributed by atoms with van der Waals surface area (Å²) in [5.41, 5.74) is 10.0. The Bertz CT molecular complexity index is 3380. The molecule has 0 spiro atoms. The second kappa shape index (κ2) is 18.9. The minimum Gasteiger partial charge on any atom is -0.748 e. The summed E-state index contributed by atoms with van der Waals surface area (Å²) >= 11 is 2.36. The summed E-state index contributed by atoms with van der Waals surface area (Å²) in [5.74, 6) is -1.29. The Morgan fingerprint density at radius 2 is 1.41 bits per heavy atom. The van der Waals surface area contributed by atoms with Gasteiger partial charge in [-0.05, 0) is 138 Å². The summed E-state index contributed by atoms with van der Waals surface area (Å²) in [6.45, 7) is 7.83. The highest BCUT2D eigenvalue weighted by Gasteiger charge is 2.46. The zero-order valence-electron chi connectivity index (χ0n) is 37.4. The molecule has 0 saturated carbocycles. The molecule has 8 rings (SSSR count). The number of quaternary nitrogens is 1. The van der Waals surface area contributed by atoms with Gasteiger partial charge in [0.2, 0.25) is 5.69 Å². The van der Waals surface area contributed by atoms with Gasteiger partial charge in [-0.3, -0.25) is 5.04 Å². The van der Waals surface area contributed by atoms with E-state index >= 15 is 0 Å². The Morgan fingerprint density at radius 3 is 2.10 bits per heavy atom. The summed E-state index contributed by atoms with van der Waals surface area (Å²) in [6.07, 6.45) is 10.2. The molecule has 3 aliphatic rings. The van der Waals surface area contributed by atoms with Crippen molar-refractivity contribution in [1.29, 1.82) is 0 Å². The van der Waals surface area contributed by atoms with Gasteiger partial charge in [0, 0.05) is 55.7 Å². The third kappa shape index (κ3) is 10.3. The second-order valence-electron chi connectivity index (χ2n) is 17.9. The zero-order valence-corrected chi connectivity index (χ0v) is 41.5. The molecule has 3 N–H and O–H groups in total. The zero-order chi connectivity index (χ0) is 49.0. The van der Waals surface area contributed by atoms with Gasteiger partial charge in [-0.1, -0.05) is 56.0 Å². The standard InChI is InChI=1S/C48H49N3O12S5/c1-47(2)42(50(24-26-66(53,54)55)40-20-8-32-28-36(65-63-62-52)16-18-38(32)44(40)47)22-10-30-6-5-7-31(46(30)64-35-14-12-34(49)13-15-35)11-23-43-48(3,4)45-39-19-17-37(68(59,60)61)29-33(39)9-21-41(45)51(43)25-27-67(56,57)58/h8-23,28-29H,5-7,24-27,49H2,1-4H3,(H3-,52,53,54,55,56,57,58,59,60,61)/p-2. The van der Waals surface area contributed by atoms with Crippen molar-refractivity contribution in [3.8, 4) is 0 Å². The van der Waals surface area contributed by atoms with E-state index in [2.05, 4.69) is 35.0 Å². The van der Waals surface area contributed by atoms with Crippen LogP contribution >= 0.6 is 23.8 Å². The molecule has 2 heterocycles. The van der Waals surface area contributed by atoms with Crippen molar-refractivity contribution in [1.82, 2.24) is 0 Å². The highest BCUT2D eigenvalue weighted by Crippen LogP contribution is 2.52. The predicted molar refractivity (Wildman–Crippen MR) is 257 cm³/mol. The summed E-state index contributed by atoms with van der Waals surface area (Å²) in [6, 6.07) is 24.8. The molecule has 0 saturated heterocycles.